The number of anilines is 1. The topological polar surface area (TPSA) is 94.3 Å². The molecule has 1 aromatic carbocycles. The van der Waals surface area contributed by atoms with Crippen molar-refractivity contribution < 1.29 is 22.7 Å². The SMILES string of the molecule is Cc1nc2nc(C(F)(F)F)nn2c(C)c1CC(=O)Nc1nc(-c2ccc3c(c2)CCO3)cs1. The second-order valence-electron chi connectivity index (χ2n) is 7.59. The number of rotatable bonds is 4. The molecule has 0 radical (unpaired) electrons. The number of amides is 1. The Labute approximate surface area is 189 Å². The lowest BCUT2D eigenvalue weighted by atomic mass is 10.1. The molecule has 1 N–H and O–H groups in total. The molecule has 3 aromatic heterocycles. The van der Waals surface area contributed by atoms with Gasteiger partial charge in [0.2, 0.25) is 5.91 Å². The van der Waals surface area contributed by atoms with E-state index in [0.717, 1.165) is 33.5 Å². The van der Waals surface area contributed by atoms with Crippen LogP contribution in [0.4, 0.5) is 18.3 Å². The Morgan fingerprint density at radius 1 is 1.24 bits per heavy atom. The molecule has 0 atom stereocenters. The average Bonchev–Trinajstić information content (AvgIpc) is 3.49. The number of carbonyl (C=O) groups is 1. The minimum Gasteiger partial charge on any atom is -0.493 e. The largest absolute Gasteiger partial charge is 0.493 e. The number of aromatic nitrogens is 5. The van der Waals surface area contributed by atoms with E-state index in [-0.39, 0.29) is 18.1 Å². The fraction of sp³-hybridized carbons (Fsp3) is 0.286. The van der Waals surface area contributed by atoms with Crippen molar-refractivity contribution in [1.82, 2.24) is 24.6 Å². The highest BCUT2D eigenvalue weighted by molar-refractivity contribution is 7.14. The highest BCUT2D eigenvalue weighted by Gasteiger charge is 2.37. The van der Waals surface area contributed by atoms with Crippen LogP contribution >= 0.6 is 11.3 Å². The predicted octanol–water partition coefficient (Wildman–Crippen LogP) is 4.00. The number of ether oxygens (including phenoxy) is 1. The van der Waals surface area contributed by atoms with Gasteiger partial charge in [0, 0.05) is 34.3 Å². The molecule has 0 unspecified atom stereocenters. The number of hydrogen-bond donors (Lipinski definition) is 1. The summed E-state index contributed by atoms with van der Waals surface area (Å²) in [6.45, 7) is 3.87. The van der Waals surface area contributed by atoms with Gasteiger partial charge in [-0.2, -0.15) is 18.2 Å². The Bertz CT molecular complexity index is 1390. The van der Waals surface area contributed by atoms with Crippen molar-refractivity contribution in [3.8, 4) is 17.0 Å². The molecule has 0 saturated carbocycles. The van der Waals surface area contributed by atoms with E-state index in [1.54, 1.807) is 13.8 Å². The number of aryl methyl sites for hydroxylation is 2. The normalized spacial score (nSPS) is 13.2. The van der Waals surface area contributed by atoms with Gasteiger partial charge in [-0.25, -0.2) is 14.5 Å². The molecule has 4 heterocycles. The van der Waals surface area contributed by atoms with Crippen molar-refractivity contribution in [2.45, 2.75) is 32.9 Å². The van der Waals surface area contributed by atoms with E-state index in [0.29, 0.717) is 28.7 Å². The van der Waals surface area contributed by atoms with Crippen LogP contribution < -0.4 is 10.1 Å². The van der Waals surface area contributed by atoms with E-state index in [4.69, 9.17) is 4.74 Å². The Hall–Kier alpha value is -3.54. The fourth-order valence-corrected chi connectivity index (χ4v) is 4.45. The number of carbonyl (C=O) groups excluding carboxylic acids is 1. The van der Waals surface area contributed by atoms with Crippen molar-refractivity contribution in [3.05, 3.63) is 51.9 Å². The summed E-state index contributed by atoms with van der Waals surface area (Å²) < 4.78 is 45.4. The zero-order chi connectivity index (χ0) is 23.3. The summed E-state index contributed by atoms with van der Waals surface area (Å²) in [5.41, 5.74) is 4.06. The van der Waals surface area contributed by atoms with E-state index < -0.39 is 12.0 Å². The zero-order valence-electron chi connectivity index (χ0n) is 17.5. The maximum Gasteiger partial charge on any atom is 0.453 e. The lowest BCUT2D eigenvalue weighted by Gasteiger charge is -2.09. The first-order valence-corrected chi connectivity index (χ1v) is 10.9. The van der Waals surface area contributed by atoms with Crippen molar-refractivity contribution in [2.75, 3.05) is 11.9 Å². The second-order valence-corrected chi connectivity index (χ2v) is 8.45. The van der Waals surface area contributed by atoms with Gasteiger partial charge in [0.1, 0.15) is 5.75 Å². The van der Waals surface area contributed by atoms with Crippen LogP contribution in [0.25, 0.3) is 17.0 Å². The maximum atomic E-state index is 13.0. The van der Waals surface area contributed by atoms with Gasteiger partial charge in [-0.1, -0.05) is 0 Å². The molecule has 170 valence electrons. The number of fused-ring (bicyclic) bond motifs is 2. The molecule has 1 amide bonds. The van der Waals surface area contributed by atoms with Crippen molar-refractivity contribution in [3.63, 3.8) is 0 Å². The van der Waals surface area contributed by atoms with Crippen LogP contribution in [0.3, 0.4) is 0 Å². The molecule has 0 aliphatic carbocycles. The van der Waals surface area contributed by atoms with Crippen molar-refractivity contribution in [1.29, 1.82) is 0 Å². The fourth-order valence-electron chi connectivity index (χ4n) is 3.72. The molecule has 12 heteroatoms. The molecule has 5 rings (SSSR count). The number of nitrogens with one attached hydrogen (secondary N) is 1. The summed E-state index contributed by atoms with van der Waals surface area (Å²) in [6, 6.07) is 5.87. The van der Waals surface area contributed by atoms with E-state index in [2.05, 4.69) is 25.4 Å². The standard InChI is InChI=1S/C21H17F3N6O2S/c1-10-14(11(2)30-19(25-10)28-18(29-30)21(22,23)24)8-17(31)27-20-26-15(9-33-20)12-3-4-16-13(7-12)5-6-32-16/h3-4,7,9H,5-6,8H2,1-2H3,(H,26,27,31). The molecule has 1 aliphatic heterocycles. The van der Waals surface area contributed by atoms with Crippen molar-refractivity contribution >= 4 is 28.2 Å². The average molecular weight is 474 g/mol. The van der Waals surface area contributed by atoms with E-state index in [1.807, 2.05) is 23.6 Å². The number of benzene rings is 1. The number of nitrogens with zero attached hydrogens (tertiary/aromatic N) is 5. The Kier molecular flexibility index (Phi) is 5.04. The highest BCUT2D eigenvalue weighted by atomic mass is 32.1. The van der Waals surface area contributed by atoms with Gasteiger partial charge in [-0.15, -0.1) is 16.4 Å². The molecule has 4 aromatic rings. The smallest absolute Gasteiger partial charge is 0.453 e. The number of thiazole rings is 1. The molecule has 1 aliphatic rings. The quantitative estimate of drug-likeness (QED) is 0.481. The van der Waals surface area contributed by atoms with Crippen LogP contribution in [0, 0.1) is 13.8 Å². The molecule has 0 fully saturated rings. The predicted molar refractivity (Wildman–Crippen MR) is 114 cm³/mol. The van der Waals surface area contributed by atoms with Gasteiger partial charge in [0.25, 0.3) is 11.6 Å². The summed E-state index contributed by atoms with van der Waals surface area (Å²) >= 11 is 1.29. The zero-order valence-corrected chi connectivity index (χ0v) is 18.3. The summed E-state index contributed by atoms with van der Waals surface area (Å²) in [4.78, 5) is 24.7. The summed E-state index contributed by atoms with van der Waals surface area (Å²) in [5, 5.41) is 8.54. The minimum absolute atomic E-state index is 0.0904. The van der Waals surface area contributed by atoms with Crippen LogP contribution in [0.2, 0.25) is 0 Å². The number of hydrogen-bond acceptors (Lipinski definition) is 7. The Balaban J connectivity index is 1.34. The summed E-state index contributed by atoms with van der Waals surface area (Å²) in [7, 11) is 0. The monoisotopic (exact) mass is 474 g/mol. The molecule has 0 spiro atoms. The summed E-state index contributed by atoms with van der Waals surface area (Å²) in [5.74, 6) is -0.909. The molecule has 0 saturated heterocycles. The number of alkyl halides is 3. The lowest BCUT2D eigenvalue weighted by Crippen LogP contribution is -2.17. The molecular weight excluding hydrogens is 457 g/mol. The molecule has 33 heavy (non-hydrogen) atoms. The first kappa shape index (κ1) is 21.3. The van der Waals surface area contributed by atoms with E-state index in [1.165, 1.54) is 11.3 Å². The van der Waals surface area contributed by atoms with Crippen LogP contribution in [-0.4, -0.2) is 37.1 Å². The number of halogens is 3. The van der Waals surface area contributed by atoms with Crippen LogP contribution in [0.5, 0.6) is 5.75 Å². The Morgan fingerprint density at radius 3 is 2.85 bits per heavy atom. The van der Waals surface area contributed by atoms with Gasteiger partial charge >= 0.3 is 6.18 Å². The third-order valence-electron chi connectivity index (χ3n) is 5.38. The van der Waals surface area contributed by atoms with Gasteiger partial charge in [0.15, 0.2) is 5.13 Å². The minimum atomic E-state index is -4.68. The first-order chi connectivity index (χ1) is 15.7. The molecule has 0 bridgehead atoms. The Morgan fingerprint density at radius 2 is 2.06 bits per heavy atom. The van der Waals surface area contributed by atoms with Gasteiger partial charge in [0.05, 0.1) is 18.7 Å². The maximum absolute atomic E-state index is 13.0. The molecular formula is C21H17F3N6O2S. The van der Waals surface area contributed by atoms with E-state index in [9.17, 15) is 18.0 Å². The van der Waals surface area contributed by atoms with Gasteiger partial charge in [-0.05, 0) is 37.6 Å². The van der Waals surface area contributed by atoms with Gasteiger partial charge < -0.3 is 10.1 Å². The third-order valence-corrected chi connectivity index (χ3v) is 6.13. The van der Waals surface area contributed by atoms with Crippen LogP contribution in [0.15, 0.2) is 23.6 Å². The summed E-state index contributed by atoms with van der Waals surface area (Å²) in [6.07, 6.45) is -3.92. The van der Waals surface area contributed by atoms with Gasteiger partial charge in [-0.3, -0.25) is 4.79 Å². The lowest BCUT2D eigenvalue weighted by molar-refractivity contribution is -0.144. The second kappa shape index (κ2) is 7.80. The molecule has 8 nitrogen and oxygen atoms in total. The van der Waals surface area contributed by atoms with Crippen LogP contribution in [0.1, 0.15) is 28.3 Å². The van der Waals surface area contributed by atoms with E-state index >= 15 is 0 Å². The van der Waals surface area contributed by atoms with Crippen LogP contribution in [-0.2, 0) is 23.8 Å². The van der Waals surface area contributed by atoms with Crippen molar-refractivity contribution in [2.24, 2.45) is 0 Å². The highest BCUT2D eigenvalue weighted by Crippen LogP contribution is 2.32. The third kappa shape index (κ3) is 4.01. The first-order valence-electron chi connectivity index (χ1n) is 10.0.